The van der Waals surface area contributed by atoms with Crippen LogP contribution in [-0.2, 0) is 11.2 Å². The van der Waals surface area contributed by atoms with Gasteiger partial charge in [0, 0.05) is 0 Å². The zero-order chi connectivity index (χ0) is 19.1. The summed E-state index contributed by atoms with van der Waals surface area (Å²) in [6, 6.07) is 16.5. The molecule has 0 saturated heterocycles. The van der Waals surface area contributed by atoms with Crippen LogP contribution in [0.1, 0.15) is 67.8 Å². The molecular formula is C25H32O2. The molecule has 1 aliphatic rings. The predicted octanol–water partition coefficient (Wildman–Crippen LogP) is 6.68. The molecule has 1 saturated carbocycles. The molecule has 0 N–H and O–H groups in total. The first kappa shape index (κ1) is 19.7. The summed E-state index contributed by atoms with van der Waals surface area (Å²) in [5.74, 6) is 1.63. The van der Waals surface area contributed by atoms with Crippen molar-refractivity contribution in [2.75, 3.05) is 7.11 Å². The molecule has 2 nitrogen and oxygen atoms in total. The number of methoxy groups -OCH3 is 1. The molecule has 0 amide bonds. The van der Waals surface area contributed by atoms with Gasteiger partial charge in [-0.3, -0.25) is 0 Å². The Balaban J connectivity index is 1.51. The smallest absolute Gasteiger partial charge is 0.337 e. The Morgan fingerprint density at radius 3 is 1.89 bits per heavy atom. The Bertz CT molecular complexity index is 707. The van der Waals surface area contributed by atoms with Gasteiger partial charge in [0.25, 0.3) is 0 Å². The minimum Gasteiger partial charge on any atom is -0.465 e. The maximum atomic E-state index is 11.5. The summed E-state index contributed by atoms with van der Waals surface area (Å²) in [7, 11) is 1.41. The van der Waals surface area contributed by atoms with Crippen molar-refractivity contribution in [3.8, 4) is 11.1 Å². The molecule has 1 fully saturated rings. The topological polar surface area (TPSA) is 26.3 Å². The van der Waals surface area contributed by atoms with Crippen LogP contribution in [-0.4, -0.2) is 13.1 Å². The molecule has 3 rings (SSSR count). The zero-order valence-electron chi connectivity index (χ0n) is 16.7. The highest BCUT2D eigenvalue weighted by Crippen LogP contribution is 2.34. The van der Waals surface area contributed by atoms with Crippen molar-refractivity contribution in [3.05, 3.63) is 59.7 Å². The Morgan fingerprint density at radius 2 is 1.37 bits per heavy atom. The fourth-order valence-corrected chi connectivity index (χ4v) is 4.37. The van der Waals surface area contributed by atoms with Crippen LogP contribution in [0.4, 0.5) is 0 Å². The monoisotopic (exact) mass is 364 g/mol. The van der Waals surface area contributed by atoms with Crippen LogP contribution in [0.25, 0.3) is 11.1 Å². The van der Waals surface area contributed by atoms with Crippen molar-refractivity contribution in [1.29, 1.82) is 0 Å². The summed E-state index contributed by atoms with van der Waals surface area (Å²) < 4.78 is 4.75. The van der Waals surface area contributed by atoms with Gasteiger partial charge in [-0.1, -0.05) is 81.8 Å². The molecule has 0 heterocycles. The van der Waals surface area contributed by atoms with Crippen LogP contribution in [0.2, 0.25) is 0 Å². The summed E-state index contributed by atoms with van der Waals surface area (Å²) >= 11 is 0. The normalized spacial score (nSPS) is 19.6. The molecular weight excluding hydrogens is 332 g/mol. The largest absolute Gasteiger partial charge is 0.465 e. The van der Waals surface area contributed by atoms with Crippen molar-refractivity contribution >= 4 is 5.97 Å². The zero-order valence-corrected chi connectivity index (χ0v) is 16.7. The molecule has 2 aromatic rings. The maximum absolute atomic E-state index is 11.5. The predicted molar refractivity (Wildman–Crippen MR) is 112 cm³/mol. The Morgan fingerprint density at radius 1 is 0.852 bits per heavy atom. The van der Waals surface area contributed by atoms with Gasteiger partial charge in [0.2, 0.25) is 0 Å². The lowest BCUT2D eigenvalue weighted by Crippen LogP contribution is -2.15. The minimum atomic E-state index is -0.291. The Hall–Kier alpha value is -2.09. The highest BCUT2D eigenvalue weighted by atomic mass is 16.5. The molecule has 0 spiro atoms. The van der Waals surface area contributed by atoms with E-state index in [2.05, 4.69) is 31.2 Å². The van der Waals surface area contributed by atoms with Crippen molar-refractivity contribution in [3.63, 3.8) is 0 Å². The van der Waals surface area contributed by atoms with Gasteiger partial charge in [-0.15, -0.1) is 0 Å². The van der Waals surface area contributed by atoms with Crippen LogP contribution in [0.3, 0.4) is 0 Å². The number of carbonyl (C=O) groups is 1. The van der Waals surface area contributed by atoms with Gasteiger partial charge < -0.3 is 4.74 Å². The van der Waals surface area contributed by atoms with E-state index in [1.54, 1.807) is 0 Å². The Kier molecular flexibility index (Phi) is 7.09. The summed E-state index contributed by atoms with van der Waals surface area (Å²) in [5.41, 5.74) is 4.34. The van der Waals surface area contributed by atoms with Crippen LogP contribution >= 0.6 is 0 Å². The van der Waals surface area contributed by atoms with E-state index in [1.165, 1.54) is 69.6 Å². The first-order chi connectivity index (χ1) is 13.2. The van der Waals surface area contributed by atoms with Gasteiger partial charge in [-0.25, -0.2) is 4.79 Å². The maximum Gasteiger partial charge on any atom is 0.337 e. The van der Waals surface area contributed by atoms with E-state index in [0.29, 0.717) is 5.56 Å². The van der Waals surface area contributed by atoms with Crippen LogP contribution in [0.15, 0.2) is 48.5 Å². The molecule has 0 bridgehead atoms. The summed E-state index contributed by atoms with van der Waals surface area (Å²) in [6.07, 6.45) is 11.0. The van der Waals surface area contributed by atoms with Gasteiger partial charge >= 0.3 is 5.97 Å². The standard InChI is InChI=1S/C25H32O2/c1-3-4-19-5-7-20(8-6-19)9-10-21-11-13-22(14-12-21)23-15-17-24(18-16-23)25(26)27-2/h11-20H,3-10H2,1-2H3. The van der Waals surface area contributed by atoms with E-state index in [-0.39, 0.29) is 5.97 Å². The van der Waals surface area contributed by atoms with Crippen molar-refractivity contribution in [2.45, 2.75) is 58.3 Å². The van der Waals surface area contributed by atoms with Gasteiger partial charge in [0.15, 0.2) is 0 Å². The third kappa shape index (κ3) is 5.45. The number of benzene rings is 2. The number of rotatable bonds is 7. The molecule has 1 aliphatic carbocycles. The molecule has 0 atom stereocenters. The van der Waals surface area contributed by atoms with E-state index < -0.39 is 0 Å². The van der Waals surface area contributed by atoms with E-state index in [9.17, 15) is 4.79 Å². The molecule has 2 heteroatoms. The molecule has 0 radical (unpaired) electrons. The van der Waals surface area contributed by atoms with Gasteiger partial charge in [-0.2, -0.15) is 0 Å². The average molecular weight is 365 g/mol. The third-order valence-electron chi connectivity index (χ3n) is 6.10. The number of carbonyl (C=O) groups excluding carboxylic acids is 1. The van der Waals surface area contributed by atoms with Crippen LogP contribution < -0.4 is 0 Å². The number of ether oxygens (including phenoxy) is 1. The highest BCUT2D eigenvalue weighted by Gasteiger charge is 2.20. The van der Waals surface area contributed by atoms with Crippen molar-refractivity contribution in [2.24, 2.45) is 11.8 Å². The van der Waals surface area contributed by atoms with Crippen molar-refractivity contribution < 1.29 is 9.53 Å². The summed E-state index contributed by atoms with van der Waals surface area (Å²) in [4.78, 5) is 11.5. The quantitative estimate of drug-likeness (QED) is 0.512. The van der Waals surface area contributed by atoms with Crippen molar-refractivity contribution in [1.82, 2.24) is 0 Å². The van der Waals surface area contributed by atoms with Crippen LogP contribution in [0, 0.1) is 11.8 Å². The van der Waals surface area contributed by atoms with E-state index in [1.807, 2.05) is 24.3 Å². The second-order valence-electron chi connectivity index (χ2n) is 7.98. The molecule has 27 heavy (non-hydrogen) atoms. The van der Waals surface area contributed by atoms with E-state index in [0.717, 1.165) is 17.4 Å². The first-order valence-electron chi connectivity index (χ1n) is 10.5. The SMILES string of the molecule is CCCC1CCC(CCc2ccc(-c3ccc(C(=O)OC)cc3)cc2)CC1. The molecule has 0 aromatic heterocycles. The number of aryl methyl sites for hydroxylation is 1. The third-order valence-corrected chi connectivity index (χ3v) is 6.10. The fraction of sp³-hybridized carbons (Fsp3) is 0.480. The molecule has 0 aliphatic heterocycles. The molecule has 0 unspecified atom stereocenters. The summed E-state index contributed by atoms with van der Waals surface area (Å²) in [6.45, 7) is 2.31. The number of esters is 1. The fourth-order valence-electron chi connectivity index (χ4n) is 4.37. The van der Waals surface area contributed by atoms with Gasteiger partial charge in [-0.05, 0) is 53.5 Å². The minimum absolute atomic E-state index is 0.291. The lowest BCUT2D eigenvalue weighted by Gasteiger charge is -2.28. The lowest BCUT2D eigenvalue weighted by molar-refractivity contribution is 0.0601. The number of hydrogen-bond donors (Lipinski definition) is 0. The van der Waals surface area contributed by atoms with E-state index >= 15 is 0 Å². The molecule has 144 valence electrons. The van der Waals surface area contributed by atoms with Gasteiger partial charge in [0.05, 0.1) is 12.7 Å². The lowest BCUT2D eigenvalue weighted by atomic mass is 9.78. The van der Waals surface area contributed by atoms with Gasteiger partial charge in [0.1, 0.15) is 0 Å². The summed E-state index contributed by atoms with van der Waals surface area (Å²) in [5, 5.41) is 0. The van der Waals surface area contributed by atoms with E-state index in [4.69, 9.17) is 4.74 Å². The first-order valence-corrected chi connectivity index (χ1v) is 10.5. The average Bonchev–Trinajstić information content (AvgIpc) is 2.73. The molecule has 2 aromatic carbocycles. The number of hydrogen-bond acceptors (Lipinski definition) is 2. The highest BCUT2D eigenvalue weighted by molar-refractivity contribution is 5.89. The second-order valence-corrected chi connectivity index (χ2v) is 7.98. The second kappa shape index (κ2) is 9.73. The van der Waals surface area contributed by atoms with Crippen LogP contribution in [0.5, 0.6) is 0 Å². The Labute approximate surface area is 164 Å².